The molecule has 0 spiro atoms. The van der Waals surface area contributed by atoms with Gasteiger partial charge in [0.15, 0.2) is 11.5 Å². The molecule has 168 valence electrons. The molecule has 0 aliphatic carbocycles. The highest BCUT2D eigenvalue weighted by atomic mass is 16.5. The average molecular weight is 428 g/mol. The fourth-order valence-electron chi connectivity index (χ4n) is 4.43. The van der Waals surface area contributed by atoms with Gasteiger partial charge in [-0.25, -0.2) is 0 Å². The fourth-order valence-corrected chi connectivity index (χ4v) is 4.43. The number of hydrogen-bond acceptors (Lipinski definition) is 6. The van der Waals surface area contributed by atoms with E-state index in [-0.39, 0.29) is 5.91 Å². The van der Waals surface area contributed by atoms with Crippen LogP contribution in [0.2, 0.25) is 0 Å². The van der Waals surface area contributed by atoms with Gasteiger partial charge in [0.05, 0.1) is 32.7 Å². The number of rotatable bonds is 6. The number of amides is 1. The first-order valence-electron chi connectivity index (χ1n) is 10.5. The molecule has 1 aliphatic rings. The SMILES string of the molecule is COc1cc(C(=O)Nc2cc(N3C[C@H](C)C[C@H](C)C3)c(C)cc2N)cc(OC)c1OC. The van der Waals surface area contributed by atoms with Crippen molar-refractivity contribution in [2.45, 2.75) is 27.2 Å². The zero-order valence-electron chi connectivity index (χ0n) is 19.2. The largest absolute Gasteiger partial charge is 0.493 e. The summed E-state index contributed by atoms with van der Waals surface area (Å²) in [5.74, 6) is 2.21. The van der Waals surface area contributed by atoms with Crippen molar-refractivity contribution in [3.63, 3.8) is 0 Å². The Morgan fingerprint density at radius 2 is 1.58 bits per heavy atom. The first-order chi connectivity index (χ1) is 14.8. The topological polar surface area (TPSA) is 86.1 Å². The standard InChI is InChI=1S/C24H33N3O4/c1-14-7-15(2)13-27(12-14)20-11-19(18(25)8-16(20)3)26-24(28)17-9-21(29-4)23(31-6)22(10-17)30-5/h8-11,14-15H,7,12-13,25H2,1-6H3,(H,26,28)/t14-,15+. The third-order valence-corrected chi connectivity index (χ3v) is 5.75. The quantitative estimate of drug-likeness (QED) is 0.667. The maximum atomic E-state index is 13.0. The van der Waals surface area contributed by atoms with Gasteiger partial charge in [0, 0.05) is 24.3 Å². The smallest absolute Gasteiger partial charge is 0.255 e. The van der Waals surface area contributed by atoms with Crippen LogP contribution in [0.4, 0.5) is 17.1 Å². The minimum atomic E-state index is -0.305. The lowest BCUT2D eigenvalue weighted by molar-refractivity contribution is 0.102. The number of benzene rings is 2. The number of ether oxygens (including phenoxy) is 3. The lowest BCUT2D eigenvalue weighted by Crippen LogP contribution is -2.39. The number of carbonyl (C=O) groups is 1. The number of anilines is 3. The summed E-state index contributed by atoms with van der Waals surface area (Å²) in [5, 5.41) is 2.95. The molecular formula is C24H33N3O4. The van der Waals surface area contributed by atoms with Crippen molar-refractivity contribution in [3.05, 3.63) is 35.4 Å². The molecule has 3 N–H and O–H groups in total. The van der Waals surface area contributed by atoms with E-state index in [1.165, 1.54) is 27.8 Å². The second-order valence-corrected chi connectivity index (χ2v) is 8.45. The number of piperidine rings is 1. The molecule has 1 saturated heterocycles. The number of hydrogen-bond donors (Lipinski definition) is 2. The molecule has 7 nitrogen and oxygen atoms in total. The van der Waals surface area contributed by atoms with E-state index in [1.807, 2.05) is 12.1 Å². The zero-order valence-corrected chi connectivity index (χ0v) is 19.2. The van der Waals surface area contributed by atoms with E-state index in [0.717, 1.165) is 24.3 Å². The molecule has 0 unspecified atom stereocenters. The zero-order chi connectivity index (χ0) is 22.7. The number of nitrogens with one attached hydrogen (secondary N) is 1. The monoisotopic (exact) mass is 427 g/mol. The van der Waals surface area contributed by atoms with Crippen molar-refractivity contribution in [1.82, 2.24) is 0 Å². The average Bonchev–Trinajstić information content (AvgIpc) is 2.73. The third-order valence-electron chi connectivity index (χ3n) is 5.75. The van der Waals surface area contributed by atoms with Crippen molar-refractivity contribution >= 4 is 23.0 Å². The van der Waals surface area contributed by atoms with Crippen LogP contribution in [0, 0.1) is 18.8 Å². The summed E-state index contributed by atoms with van der Waals surface area (Å²) in [6.45, 7) is 8.61. The Labute approximate surface area is 184 Å². The number of methoxy groups -OCH3 is 3. The van der Waals surface area contributed by atoms with E-state index < -0.39 is 0 Å². The van der Waals surface area contributed by atoms with E-state index in [9.17, 15) is 4.79 Å². The number of nitrogens with zero attached hydrogens (tertiary/aromatic N) is 1. The second-order valence-electron chi connectivity index (χ2n) is 8.45. The van der Waals surface area contributed by atoms with Crippen LogP contribution < -0.4 is 30.2 Å². The summed E-state index contributed by atoms with van der Waals surface area (Å²) in [6.07, 6.45) is 1.23. The highest BCUT2D eigenvalue weighted by Crippen LogP contribution is 2.39. The minimum Gasteiger partial charge on any atom is -0.493 e. The molecule has 2 aromatic carbocycles. The molecule has 1 heterocycles. The molecular weight excluding hydrogens is 394 g/mol. The first-order valence-corrected chi connectivity index (χ1v) is 10.5. The normalized spacial score (nSPS) is 18.5. The summed E-state index contributed by atoms with van der Waals surface area (Å²) in [4.78, 5) is 15.4. The Hall–Kier alpha value is -3.09. The molecule has 7 heteroatoms. The molecule has 1 amide bonds. The van der Waals surface area contributed by atoms with Gasteiger partial charge in [0.2, 0.25) is 5.75 Å². The summed E-state index contributed by atoms with van der Waals surface area (Å²) < 4.78 is 16.1. The van der Waals surface area contributed by atoms with E-state index in [2.05, 4.69) is 31.0 Å². The van der Waals surface area contributed by atoms with Gasteiger partial charge in [-0.1, -0.05) is 13.8 Å². The van der Waals surface area contributed by atoms with Crippen LogP contribution in [-0.2, 0) is 0 Å². The number of nitrogens with two attached hydrogens (primary N) is 1. The maximum Gasteiger partial charge on any atom is 0.255 e. The lowest BCUT2D eigenvalue weighted by Gasteiger charge is -2.37. The third kappa shape index (κ3) is 4.81. The van der Waals surface area contributed by atoms with Crippen LogP contribution in [0.5, 0.6) is 17.2 Å². The van der Waals surface area contributed by atoms with Gasteiger partial charge in [-0.05, 0) is 55.0 Å². The number of carbonyl (C=O) groups excluding carboxylic acids is 1. The van der Waals surface area contributed by atoms with Crippen LogP contribution in [0.25, 0.3) is 0 Å². The maximum absolute atomic E-state index is 13.0. The molecule has 0 aromatic heterocycles. The van der Waals surface area contributed by atoms with Gasteiger partial charge < -0.3 is 30.2 Å². The molecule has 31 heavy (non-hydrogen) atoms. The van der Waals surface area contributed by atoms with Crippen molar-refractivity contribution < 1.29 is 19.0 Å². The summed E-state index contributed by atoms with van der Waals surface area (Å²) in [6, 6.07) is 7.14. The summed E-state index contributed by atoms with van der Waals surface area (Å²) in [7, 11) is 4.56. The van der Waals surface area contributed by atoms with Crippen LogP contribution >= 0.6 is 0 Å². The summed E-state index contributed by atoms with van der Waals surface area (Å²) >= 11 is 0. The Bertz CT molecular complexity index is 925. The van der Waals surface area contributed by atoms with E-state index in [1.54, 1.807) is 12.1 Å². The number of nitrogen functional groups attached to an aromatic ring is 1. The summed E-state index contributed by atoms with van der Waals surface area (Å²) in [5.41, 5.74) is 9.96. The van der Waals surface area contributed by atoms with Crippen molar-refractivity contribution in [3.8, 4) is 17.2 Å². The second kappa shape index (κ2) is 9.37. The molecule has 0 radical (unpaired) electrons. The molecule has 2 atom stereocenters. The van der Waals surface area contributed by atoms with Gasteiger partial charge >= 0.3 is 0 Å². The first kappa shape index (κ1) is 22.6. The van der Waals surface area contributed by atoms with Gasteiger partial charge in [-0.3, -0.25) is 4.79 Å². The van der Waals surface area contributed by atoms with E-state index >= 15 is 0 Å². The Balaban J connectivity index is 1.91. The molecule has 2 aromatic rings. The fraction of sp³-hybridized carbons (Fsp3) is 0.458. The molecule has 1 fully saturated rings. The predicted octanol–water partition coefficient (Wildman–Crippen LogP) is 4.34. The van der Waals surface area contributed by atoms with Gasteiger partial charge in [0.1, 0.15) is 0 Å². The lowest BCUT2D eigenvalue weighted by atomic mass is 9.91. The molecule has 0 bridgehead atoms. The highest BCUT2D eigenvalue weighted by molar-refractivity contribution is 6.07. The van der Waals surface area contributed by atoms with Gasteiger partial charge in [-0.15, -0.1) is 0 Å². The Kier molecular flexibility index (Phi) is 6.83. The van der Waals surface area contributed by atoms with Crippen LogP contribution in [0.3, 0.4) is 0 Å². The van der Waals surface area contributed by atoms with Crippen molar-refractivity contribution in [2.24, 2.45) is 11.8 Å². The van der Waals surface area contributed by atoms with Gasteiger partial charge in [0.25, 0.3) is 5.91 Å². The molecule has 3 rings (SSSR count). The minimum absolute atomic E-state index is 0.305. The van der Waals surface area contributed by atoms with Crippen molar-refractivity contribution in [1.29, 1.82) is 0 Å². The number of aryl methyl sites for hydroxylation is 1. The highest BCUT2D eigenvalue weighted by Gasteiger charge is 2.24. The van der Waals surface area contributed by atoms with Crippen LogP contribution in [-0.4, -0.2) is 40.3 Å². The van der Waals surface area contributed by atoms with E-state index in [4.69, 9.17) is 19.9 Å². The van der Waals surface area contributed by atoms with Crippen LogP contribution in [0.15, 0.2) is 24.3 Å². The Morgan fingerprint density at radius 1 is 1.00 bits per heavy atom. The van der Waals surface area contributed by atoms with Crippen molar-refractivity contribution in [2.75, 3.05) is 50.4 Å². The molecule has 1 aliphatic heterocycles. The van der Waals surface area contributed by atoms with Gasteiger partial charge in [-0.2, -0.15) is 0 Å². The Morgan fingerprint density at radius 3 is 2.10 bits per heavy atom. The predicted molar refractivity (Wildman–Crippen MR) is 125 cm³/mol. The van der Waals surface area contributed by atoms with E-state index in [0.29, 0.717) is 46.0 Å². The van der Waals surface area contributed by atoms with Crippen LogP contribution in [0.1, 0.15) is 36.2 Å². The molecule has 0 saturated carbocycles.